The van der Waals surface area contributed by atoms with Gasteiger partial charge in [-0.25, -0.2) is 4.79 Å². The zero-order valence-electron chi connectivity index (χ0n) is 16.4. The highest BCUT2D eigenvalue weighted by molar-refractivity contribution is 5.65. The van der Waals surface area contributed by atoms with Crippen molar-refractivity contribution in [1.82, 2.24) is 9.55 Å². The first-order valence-corrected chi connectivity index (χ1v) is 8.40. The van der Waals surface area contributed by atoms with E-state index in [1.165, 1.54) is 25.9 Å². The average Bonchev–Trinajstić information content (AvgIpc) is 3.13. The molecule has 8 heteroatoms. The van der Waals surface area contributed by atoms with Crippen molar-refractivity contribution in [3.63, 3.8) is 0 Å². The van der Waals surface area contributed by atoms with Gasteiger partial charge in [-0.2, -0.15) is 0 Å². The zero-order valence-corrected chi connectivity index (χ0v) is 16.4. The van der Waals surface area contributed by atoms with Crippen molar-refractivity contribution >= 4 is 0 Å². The largest absolute Gasteiger partial charge is 0.493 e. The summed E-state index contributed by atoms with van der Waals surface area (Å²) in [6.45, 7) is 0. The second-order valence-corrected chi connectivity index (χ2v) is 5.80. The third kappa shape index (κ3) is 3.36. The van der Waals surface area contributed by atoms with Crippen LogP contribution >= 0.6 is 0 Å². The Morgan fingerprint density at radius 3 is 1.89 bits per heavy atom. The Balaban J connectivity index is 2.10. The summed E-state index contributed by atoms with van der Waals surface area (Å²) in [5, 5.41) is 0. The number of nitrogens with zero attached hydrogens (tertiary/aromatic N) is 1. The first-order valence-electron chi connectivity index (χ1n) is 8.40. The third-order valence-corrected chi connectivity index (χ3v) is 4.34. The molecule has 0 atom stereocenters. The van der Waals surface area contributed by atoms with Crippen LogP contribution in [0.4, 0.5) is 0 Å². The van der Waals surface area contributed by atoms with Crippen molar-refractivity contribution < 1.29 is 23.7 Å². The fourth-order valence-corrected chi connectivity index (χ4v) is 2.94. The molecule has 8 nitrogen and oxygen atoms in total. The van der Waals surface area contributed by atoms with Gasteiger partial charge in [-0.1, -0.05) is 0 Å². The minimum atomic E-state index is -0.306. The molecule has 1 N–H and O–H groups in total. The van der Waals surface area contributed by atoms with Gasteiger partial charge in [-0.3, -0.25) is 4.57 Å². The number of hydrogen-bond acceptors (Lipinski definition) is 6. The van der Waals surface area contributed by atoms with Crippen LogP contribution in [0.15, 0.2) is 41.3 Å². The van der Waals surface area contributed by atoms with E-state index in [1.54, 1.807) is 44.7 Å². The molecule has 1 aromatic heterocycles. The lowest BCUT2D eigenvalue weighted by atomic mass is 10.1. The summed E-state index contributed by atoms with van der Waals surface area (Å²) >= 11 is 0. The Hall–Kier alpha value is -3.55. The molecule has 1 heterocycles. The van der Waals surface area contributed by atoms with Crippen molar-refractivity contribution in [1.29, 1.82) is 0 Å². The van der Waals surface area contributed by atoms with Gasteiger partial charge < -0.3 is 28.7 Å². The molecule has 0 aliphatic rings. The molecule has 0 radical (unpaired) electrons. The maximum absolute atomic E-state index is 12.6. The van der Waals surface area contributed by atoms with Gasteiger partial charge in [0.2, 0.25) is 5.75 Å². The SMILES string of the molecule is COc1ccc(-c2cn(-c3cc(OC)c(OC)c(OC)c3)c(=O)[nH]2)cc1OC. The third-order valence-electron chi connectivity index (χ3n) is 4.34. The van der Waals surface area contributed by atoms with E-state index in [1.807, 2.05) is 6.07 Å². The highest BCUT2D eigenvalue weighted by Gasteiger charge is 2.16. The lowest BCUT2D eigenvalue weighted by Gasteiger charge is -2.14. The van der Waals surface area contributed by atoms with Crippen molar-refractivity contribution in [2.75, 3.05) is 35.5 Å². The van der Waals surface area contributed by atoms with Gasteiger partial charge in [0.1, 0.15) is 0 Å². The summed E-state index contributed by atoms with van der Waals surface area (Å²) < 4.78 is 28.1. The quantitative estimate of drug-likeness (QED) is 0.672. The van der Waals surface area contributed by atoms with Crippen molar-refractivity contribution in [2.45, 2.75) is 0 Å². The molecular formula is C20H22N2O6. The fraction of sp³-hybridized carbons (Fsp3) is 0.250. The van der Waals surface area contributed by atoms with Crippen molar-refractivity contribution in [3.8, 4) is 45.7 Å². The molecule has 0 amide bonds. The maximum atomic E-state index is 12.6. The summed E-state index contributed by atoms with van der Waals surface area (Å²) in [6.07, 6.45) is 1.70. The lowest BCUT2D eigenvalue weighted by Crippen LogP contribution is -2.14. The van der Waals surface area contributed by atoms with Gasteiger partial charge in [0.15, 0.2) is 23.0 Å². The molecule has 3 aromatic rings. The Bertz CT molecular complexity index is 1010. The van der Waals surface area contributed by atoms with E-state index < -0.39 is 0 Å². The Morgan fingerprint density at radius 1 is 0.750 bits per heavy atom. The van der Waals surface area contributed by atoms with Gasteiger partial charge >= 0.3 is 5.69 Å². The molecule has 28 heavy (non-hydrogen) atoms. The predicted molar refractivity (Wildman–Crippen MR) is 105 cm³/mol. The van der Waals surface area contributed by atoms with E-state index >= 15 is 0 Å². The number of imidazole rings is 1. The Kier molecular flexibility index (Phi) is 5.49. The minimum Gasteiger partial charge on any atom is -0.493 e. The van der Waals surface area contributed by atoms with E-state index in [4.69, 9.17) is 23.7 Å². The molecule has 0 bridgehead atoms. The van der Waals surface area contributed by atoms with Gasteiger partial charge in [-0.15, -0.1) is 0 Å². The molecular weight excluding hydrogens is 364 g/mol. The first kappa shape index (κ1) is 19.2. The van der Waals surface area contributed by atoms with E-state index in [0.717, 1.165) is 5.56 Å². The van der Waals surface area contributed by atoms with Crippen LogP contribution in [-0.2, 0) is 0 Å². The summed E-state index contributed by atoms with van der Waals surface area (Å²) in [5.74, 6) is 2.55. The maximum Gasteiger partial charge on any atom is 0.330 e. The molecule has 0 aliphatic carbocycles. The number of rotatable bonds is 7. The van der Waals surface area contributed by atoms with Gasteiger partial charge in [0.05, 0.1) is 46.9 Å². The van der Waals surface area contributed by atoms with Gasteiger partial charge in [0, 0.05) is 23.9 Å². The van der Waals surface area contributed by atoms with Gasteiger partial charge in [0.25, 0.3) is 0 Å². The van der Waals surface area contributed by atoms with Crippen molar-refractivity contribution in [3.05, 3.63) is 47.0 Å². The topological polar surface area (TPSA) is 83.9 Å². The number of aromatic nitrogens is 2. The number of methoxy groups -OCH3 is 5. The Morgan fingerprint density at radius 2 is 1.36 bits per heavy atom. The number of H-pyrrole nitrogens is 1. The van der Waals surface area contributed by atoms with Crippen LogP contribution in [0.3, 0.4) is 0 Å². The van der Waals surface area contributed by atoms with Crippen LogP contribution in [0.2, 0.25) is 0 Å². The molecule has 2 aromatic carbocycles. The molecule has 0 saturated heterocycles. The van der Waals surface area contributed by atoms with Crippen LogP contribution in [-0.4, -0.2) is 45.1 Å². The van der Waals surface area contributed by atoms with Crippen LogP contribution in [0, 0.1) is 0 Å². The highest BCUT2D eigenvalue weighted by atomic mass is 16.5. The molecule has 148 valence electrons. The predicted octanol–water partition coefficient (Wildman–Crippen LogP) is 2.88. The molecule has 0 saturated carbocycles. The van der Waals surface area contributed by atoms with E-state index in [0.29, 0.717) is 40.1 Å². The summed E-state index contributed by atoms with van der Waals surface area (Å²) in [4.78, 5) is 15.4. The zero-order chi connectivity index (χ0) is 20.3. The standard InChI is InChI=1S/C20H22N2O6/c1-24-15-7-6-12(8-16(15)25-2)14-11-22(20(23)21-14)13-9-17(26-3)19(28-5)18(10-13)27-4/h6-11H,1-5H3,(H,21,23). The number of hydrogen-bond donors (Lipinski definition) is 1. The highest BCUT2D eigenvalue weighted by Crippen LogP contribution is 2.39. The van der Waals surface area contributed by atoms with Crippen LogP contribution < -0.4 is 29.4 Å². The smallest absolute Gasteiger partial charge is 0.330 e. The summed E-state index contributed by atoms with van der Waals surface area (Å²) in [6, 6.07) is 8.82. The normalized spacial score (nSPS) is 10.5. The monoisotopic (exact) mass is 386 g/mol. The summed E-state index contributed by atoms with van der Waals surface area (Å²) in [5.41, 5.74) is 1.67. The second kappa shape index (κ2) is 7.99. The van der Waals surface area contributed by atoms with Crippen LogP contribution in [0.1, 0.15) is 0 Å². The number of ether oxygens (including phenoxy) is 5. The lowest BCUT2D eigenvalue weighted by molar-refractivity contribution is 0.324. The fourth-order valence-electron chi connectivity index (χ4n) is 2.94. The second-order valence-electron chi connectivity index (χ2n) is 5.80. The van der Waals surface area contributed by atoms with E-state index in [9.17, 15) is 4.79 Å². The van der Waals surface area contributed by atoms with Crippen molar-refractivity contribution in [2.24, 2.45) is 0 Å². The molecule has 3 rings (SSSR count). The number of benzene rings is 2. The van der Waals surface area contributed by atoms with E-state index in [2.05, 4.69) is 4.98 Å². The summed E-state index contributed by atoms with van der Waals surface area (Å²) in [7, 11) is 7.70. The molecule has 0 fully saturated rings. The van der Waals surface area contributed by atoms with Crippen LogP contribution in [0.5, 0.6) is 28.7 Å². The van der Waals surface area contributed by atoms with E-state index in [-0.39, 0.29) is 5.69 Å². The molecule has 0 unspecified atom stereocenters. The number of nitrogens with one attached hydrogen (secondary N) is 1. The molecule has 0 aliphatic heterocycles. The van der Waals surface area contributed by atoms with Gasteiger partial charge in [-0.05, 0) is 18.2 Å². The van der Waals surface area contributed by atoms with Crippen LogP contribution in [0.25, 0.3) is 16.9 Å². The molecule has 0 spiro atoms. The Labute approximate surface area is 162 Å². The number of aromatic amines is 1. The first-order chi connectivity index (χ1) is 13.6. The minimum absolute atomic E-state index is 0.306. The average molecular weight is 386 g/mol.